The zero-order valence-corrected chi connectivity index (χ0v) is 14.4. The molecule has 0 saturated heterocycles. The van der Waals surface area contributed by atoms with Crippen molar-refractivity contribution in [1.82, 2.24) is 14.8 Å². The summed E-state index contributed by atoms with van der Waals surface area (Å²) in [4.78, 5) is 0. The second-order valence-corrected chi connectivity index (χ2v) is 6.33. The number of nitriles is 1. The van der Waals surface area contributed by atoms with Crippen LogP contribution < -0.4 is 4.74 Å². The first-order chi connectivity index (χ1) is 12.7. The molecule has 26 heavy (non-hydrogen) atoms. The number of para-hydroxylation sites is 1. The first-order valence-corrected chi connectivity index (χ1v) is 8.74. The van der Waals surface area contributed by atoms with Gasteiger partial charge in [-0.3, -0.25) is 4.57 Å². The molecule has 2 aromatic carbocycles. The molecule has 1 N–H and O–H groups in total. The first kappa shape index (κ1) is 17.9. The number of aromatic nitrogens is 3. The summed E-state index contributed by atoms with van der Waals surface area (Å²) in [6.07, 6.45) is 0.682. The molecule has 0 saturated carbocycles. The highest BCUT2D eigenvalue weighted by Gasteiger charge is 2.13. The monoisotopic (exact) mass is 370 g/mol. The number of benzene rings is 2. The van der Waals surface area contributed by atoms with Crippen molar-refractivity contribution >= 4 is 11.8 Å². The Balaban J connectivity index is 1.55. The van der Waals surface area contributed by atoms with Crippen LogP contribution >= 0.6 is 11.8 Å². The summed E-state index contributed by atoms with van der Waals surface area (Å²) in [5.74, 6) is 0.505. The fraction of sp³-hybridized carbons (Fsp3) is 0.167. The average molecular weight is 370 g/mol. The Labute approximate surface area is 153 Å². The number of rotatable bonds is 7. The molecule has 1 heterocycles. The van der Waals surface area contributed by atoms with Crippen molar-refractivity contribution in [1.29, 1.82) is 5.26 Å². The lowest BCUT2D eigenvalue weighted by Gasteiger charge is -2.12. The Morgan fingerprint density at radius 2 is 2.00 bits per heavy atom. The third kappa shape index (κ3) is 4.39. The van der Waals surface area contributed by atoms with Crippen molar-refractivity contribution < 1.29 is 14.2 Å². The number of aliphatic hydroxyl groups excluding tert-OH is 1. The van der Waals surface area contributed by atoms with Crippen LogP contribution in [0.5, 0.6) is 5.75 Å². The quantitative estimate of drug-likeness (QED) is 0.644. The molecule has 1 aromatic heterocycles. The van der Waals surface area contributed by atoms with E-state index in [4.69, 9.17) is 10.00 Å². The topological polar surface area (TPSA) is 84.0 Å². The molecule has 0 unspecified atom stereocenters. The average Bonchev–Trinajstić information content (AvgIpc) is 3.14. The van der Waals surface area contributed by atoms with E-state index in [9.17, 15) is 9.50 Å². The molecule has 0 aliphatic rings. The molecule has 3 aromatic rings. The molecule has 0 radical (unpaired) electrons. The molecule has 0 aliphatic heterocycles. The third-order valence-electron chi connectivity index (χ3n) is 3.46. The zero-order valence-electron chi connectivity index (χ0n) is 13.6. The molecule has 0 bridgehead atoms. The van der Waals surface area contributed by atoms with E-state index in [1.807, 2.05) is 6.07 Å². The summed E-state index contributed by atoms with van der Waals surface area (Å²) in [5, 5.41) is 27.1. The highest BCUT2D eigenvalue weighted by molar-refractivity contribution is 7.99. The summed E-state index contributed by atoms with van der Waals surface area (Å²) in [7, 11) is 0. The summed E-state index contributed by atoms with van der Waals surface area (Å²) in [6.45, 7) is 0.0900. The molecule has 0 fully saturated rings. The predicted octanol–water partition coefficient (Wildman–Crippen LogP) is 2.81. The maximum Gasteiger partial charge on any atom is 0.195 e. The van der Waals surface area contributed by atoms with Crippen molar-refractivity contribution in [2.45, 2.75) is 11.3 Å². The highest BCUT2D eigenvalue weighted by Crippen LogP contribution is 2.22. The Morgan fingerprint density at radius 1 is 1.23 bits per heavy atom. The van der Waals surface area contributed by atoms with E-state index in [0.29, 0.717) is 27.9 Å². The number of hydrogen-bond donors (Lipinski definition) is 1. The molecule has 0 amide bonds. The number of hydrogen-bond acceptors (Lipinski definition) is 6. The molecule has 8 heteroatoms. The number of halogens is 1. The van der Waals surface area contributed by atoms with E-state index < -0.39 is 6.10 Å². The molecule has 132 valence electrons. The van der Waals surface area contributed by atoms with Gasteiger partial charge in [0.15, 0.2) is 5.16 Å². The fourth-order valence-electron chi connectivity index (χ4n) is 2.17. The van der Waals surface area contributed by atoms with Crippen LogP contribution in [0.3, 0.4) is 0 Å². The van der Waals surface area contributed by atoms with Gasteiger partial charge < -0.3 is 9.84 Å². The largest absolute Gasteiger partial charge is 0.491 e. The minimum absolute atomic E-state index is 0.0900. The van der Waals surface area contributed by atoms with E-state index in [-0.39, 0.29) is 12.4 Å². The van der Waals surface area contributed by atoms with Crippen LogP contribution in [0, 0.1) is 17.1 Å². The van der Waals surface area contributed by atoms with Crippen LogP contribution in [0.15, 0.2) is 60.0 Å². The van der Waals surface area contributed by atoms with Crippen molar-refractivity contribution in [2.24, 2.45) is 0 Å². The van der Waals surface area contributed by atoms with Crippen LogP contribution in [0.4, 0.5) is 4.39 Å². The summed E-state index contributed by atoms with van der Waals surface area (Å²) in [5.41, 5.74) is 0.893. The van der Waals surface area contributed by atoms with Crippen molar-refractivity contribution in [3.8, 4) is 17.5 Å². The van der Waals surface area contributed by atoms with Gasteiger partial charge in [0.2, 0.25) is 0 Å². The van der Waals surface area contributed by atoms with Gasteiger partial charge in [-0.1, -0.05) is 23.9 Å². The van der Waals surface area contributed by atoms with Crippen LogP contribution in [-0.2, 0) is 0 Å². The highest BCUT2D eigenvalue weighted by atomic mass is 32.2. The molecule has 0 spiro atoms. The first-order valence-electron chi connectivity index (χ1n) is 7.76. The van der Waals surface area contributed by atoms with E-state index in [1.165, 1.54) is 28.7 Å². The minimum atomic E-state index is -0.749. The minimum Gasteiger partial charge on any atom is -0.491 e. The van der Waals surface area contributed by atoms with Gasteiger partial charge in [-0.15, -0.1) is 10.2 Å². The van der Waals surface area contributed by atoms with Crippen LogP contribution in [0.2, 0.25) is 0 Å². The van der Waals surface area contributed by atoms with Crippen molar-refractivity contribution in [2.75, 3.05) is 12.4 Å². The third-order valence-corrected chi connectivity index (χ3v) is 4.55. The zero-order chi connectivity index (χ0) is 18.4. The lowest BCUT2D eigenvalue weighted by Crippen LogP contribution is -2.20. The summed E-state index contributed by atoms with van der Waals surface area (Å²) in [6, 6.07) is 15.0. The number of ether oxygens (including phenoxy) is 1. The standard InChI is InChI=1S/C18H15FN4O2S/c19-16-3-1-2-4-17(16)23-12-21-22-18(23)26-11-14(24)10-25-15-7-5-13(9-20)6-8-15/h1-8,12,14,24H,10-11H2/t14-/m0/s1. The van der Waals surface area contributed by atoms with Crippen molar-refractivity contribution in [3.63, 3.8) is 0 Å². The van der Waals surface area contributed by atoms with E-state index in [1.54, 1.807) is 42.5 Å². The lowest BCUT2D eigenvalue weighted by atomic mass is 10.2. The summed E-state index contributed by atoms with van der Waals surface area (Å²) < 4.78 is 21.0. The molecular formula is C18H15FN4O2S. The van der Waals surface area contributed by atoms with Gasteiger partial charge in [0.1, 0.15) is 24.5 Å². The number of nitrogens with zero attached hydrogens (tertiary/aromatic N) is 4. The van der Waals surface area contributed by atoms with Crippen molar-refractivity contribution in [3.05, 3.63) is 66.2 Å². The Kier molecular flexibility index (Phi) is 5.84. The second-order valence-electron chi connectivity index (χ2n) is 5.35. The second kappa shape index (κ2) is 8.47. The van der Waals surface area contributed by atoms with E-state index >= 15 is 0 Å². The SMILES string of the molecule is N#Cc1ccc(OC[C@H](O)CSc2nncn2-c2ccccc2F)cc1. The molecular weight excluding hydrogens is 355 g/mol. The molecule has 3 rings (SSSR count). The predicted molar refractivity (Wildman–Crippen MR) is 94.7 cm³/mol. The smallest absolute Gasteiger partial charge is 0.195 e. The maximum atomic E-state index is 13.9. The van der Waals surface area contributed by atoms with Gasteiger partial charge in [0.25, 0.3) is 0 Å². The van der Waals surface area contributed by atoms with E-state index in [0.717, 1.165) is 0 Å². The normalized spacial score (nSPS) is 11.7. The summed E-state index contributed by atoms with van der Waals surface area (Å²) >= 11 is 1.26. The Bertz CT molecular complexity index is 908. The molecule has 6 nitrogen and oxygen atoms in total. The lowest BCUT2D eigenvalue weighted by molar-refractivity contribution is 0.126. The van der Waals surface area contributed by atoms with Crippen LogP contribution in [0.1, 0.15) is 5.56 Å². The van der Waals surface area contributed by atoms with E-state index in [2.05, 4.69) is 10.2 Å². The Morgan fingerprint density at radius 3 is 2.73 bits per heavy atom. The molecule has 0 aliphatic carbocycles. The Hall–Kier alpha value is -2.89. The van der Waals surface area contributed by atoms with Gasteiger partial charge in [-0.2, -0.15) is 5.26 Å². The molecule has 1 atom stereocenters. The van der Waals surface area contributed by atoms with Gasteiger partial charge >= 0.3 is 0 Å². The number of thioether (sulfide) groups is 1. The van der Waals surface area contributed by atoms with Gasteiger partial charge in [-0.05, 0) is 36.4 Å². The van der Waals surface area contributed by atoms with Crippen LogP contribution in [0.25, 0.3) is 5.69 Å². The fourth-order valence-corrected chi connectivity index (χ4v) is 3.00. The van der Waals surface area contributed by atoms with Gasteiger partial charge in [0.05, 0.1) is 23.4 Å². The number of aliphatic hydroxyl groups is 1. The van der Waals surface area contributed by atoms with Gasteiger partial charge in [-0.25, -0.2) is 4.39 Å². The van der Waals surface area contributed by atoms with Gasteiger partial charge in [0, 0.05) is 5.75 Å². The maximum absolute atomic E-state index is 13.9. The van der Waals surface area contributed by atoms with Crippen LogP contribution in [-0.4, -0.2) is 38.3 Å².